The Morgan fingerprint density at radius 1 is 1.04 bits per heavy atom. The molecule has 0 saturated carbocycles. The molecule has 1 aliphatic heterocycles. The molecule has 7 N–H and O–H groups in total. The second-order valence-electron chi connectivity index (χ2n) is 7.13. The van der Waals surface area contributed by atoms with E-state index in [9.17, 15) is 35.7 Å². The van der Waals surface area contributed by atoms with Crippen LogP contribution in [0.5, 0.6) is 0 Å². The first-order valence-corrected chi connectivity index (χ1v) is 8.63. The minimum absolute atomic E-state index is 0.0131. The molecule has 0 aromatic heterocycles. The predicted molar refractivity (Wildman–Crippen MR) is 89.4 cm³/mol. The standard InChI is InChI=1S/C17H32O8/c1-9(4-5-10(2)18)15(22)8-17(24)16(23)14(21)7-12(25-17)6-13(20)11(3)19/h4-5,9-16,18-24H,6-8H2,1-3H3/t9-,10-,11-,12?,13-,14+,15-,16+,17-/m0/s1. The first-order valence-electron chi connectivity index (χ1n) is 8.63. The van der Waals surface area contributed by atoms with E-state index in [1.165, 1.54) is 13.0 Å². The van der Waals surface area contributed by atoms with E-state index in [2.05, 4.69) is 0 Å². The average Bonchev–Trinajstić information content (AvgIpc) is 2.49. The molecular weight excluding hydrogens is 332 g/mol. The van der Waals surface area contributed by atoms with Crippen molar-refractivity contribution in [3.05, 3.63) is 12.2 Å². The first-order chi connectivity index (χ1) is 11.5. The second-order valence-corrected chi connectivity index (χ2v) is 7.13. The van der Waals surface area contributed by atoms with Crippen LogP contribution in [-0.2, 0) is 4.74 Å². The van der Waals surface area contributed by atoms with Crippen molar-refractivity contribution in [3.63, 3.8) is 0 Å². The number of hydrogen-bond donors (Lipinski definition) is 7. The van der Waals surface area contributed by atoms with E-state index in [0.29, 0.717) is 0 Å². The molecule has 0 amide bonds. The number of hydrogen-bond acceptors (Lipinski definition) is 8. The summed E-state index contributed by atoms with van der Waals surface area (Å²) in [6.07, 6.45) is -4.91. The quantitative estimate of drug-likeness (QED) is 0.261. The van der Waals surface area contributed by atoms with Gasteiger partial charge in [0.2, 0.25) is 0 Å². The van der Waals surface area contributed by atoms with Crippen molar-refractivity contribution in [2.45, 2.75) is 88.5 Å². The Bertz CT molecular complexity index is 427. The SMILES string of the molecule is C[C@H](O)C=C[C@H](C)[C@@H](O)C[C@]1(O)OC(C[C@H](O)[C@H](C)O)C[C@@H](O)[C@H]1O. The fraction of sp³-hybridized carbons (Fsp3) is 0.882. The van der Waals surface area contributed by atoms with Crippen LogP contribution in [0.1, 0.15) is 40.0 Å². The van der Waals surface area contributed by atoms with Gasteiger partial charge in [0, 0.05) is 25.2 Å². The van der Waals surface area contributed by atoms with E-state index >= 15 is 0 Å². The summed E-state index contributed by atoms with van der Waals surface area (Å²) < 4.78 is 5.46. The van der Waals surface area contributed by atoms with Gasteiger partial charge in [-0.1, -0.05) is 19.1 Å². The molecule has 8 nitrogen and oxygen atoms in total. The zero-order valence-electron chi connectivity index (χ0n) is 14.9. The van der Waals surface area contributed by atoms with Crippen molar-refractivity contribution >= 4 is 0 Å². The van der Waals surface area contributed by atoms with Crippen LogP contribution >= 0.6 is 0 Å². The minimum Gasteiger partial charge on any atom is -0.392 e. The van der Waals surface area contributed by atoms with Crippen molar-refractivity contribution < 1.29 is 40.5 Å². The van der Waals surface area contributed by atoms with Crippen LogP contribution in [0.25, 0.3) is 0 Å². The number of aliphatic hydroxyl groups excluding tert-OH is 6. The van der Waals surface area contributed by atoms with Gasteiger partial charge in [-0.3, -0.25) is 0 Å². The highest BCUT2D eigenvalue weighted by Crippen LogP contribution is 2.34. The van der Waals surface area contributed by atoms with E-state index in [4.69, 9.17) is 4.74 Å². The van der Waals surface area contributed by atoms with Crippen LogP contribution < -0.4 is 0 Å². The average molecular weight is 364 g/mol. The van der Waals surface area contributed by atoms with Crippen molar-refractivity contribution in [3.8, 4) is 0 Å². The van der Waals surface area contributed by atoms with Gasteiger partial charge in [0.1, 0.15) is 6.10 Å². The molecule has 0 aliphatic carbocycles. The third kappa shape index (κ3) is 6.58. The summed E-state index contributed by atoms with van der Waals surface area (Å²) in [4.78, 5) is 0. The van der Waals surface area contributed by atoms with Gasteiger partial charge in [-0.25, -0.2) is 0 Å². The first kappa shape index (κ1) is 22.5. The Balaban J connectivity index is 2.79. The summed E-state index contributed by atoms with van der Waals surface area (Å²) in [6.45, 7) is 4.64. The Morgan fingerprint density at radius 3 is 2.16 bits per heavy atom. The number of ether oxygens (including phenoxy) is 1. The van der Waals surface area contributed by atoms with Gasteiger partial charge >= 0.3 is 0 Å². The van der Waals surface area contributed by atoms with Gasteiger partial charge in [-0.2, -0.15) is 0 Å². The normalized spacial score (nSPS) is 36.8. The molecule has 0 aromatic carbocycles. The fourth-order valence-corrected chi connectivity index (χ4v) is 2.83. The van der Waals surface area contributed by atoms with Crippen LogP contribution in [-0.4, -0.2) is 84.3 Å². The maximum atomic E-state index is 10.6. The highest BCUT2D eigenvalue weighted by atomic mass is 16.6. The van der Waals surface area contributed by atoms with Crippen molar-refractivity contribution in [2.75, 3.05) is 0 Å². The van der Waals surface area contributed by atoms with Gasteiger partial charge in [-0.05, 0) is 13.8 Å². The molecule has 0 bridgehead atoms. The summed E-state index contributed by atoms with van der Waals surface area (Å²) in [5, 5.41) is 69.3. The van der Waals surface area contributed by atoms with Gasteiger partial charge in [-0.15, -0.1) is 0 Å². The molecule has 1 unspecified atom stereocenters. The summed E-state index contributed by atoms with van der Waals surface area (Å²) in [5.74, 6) is -2.62. The van der Waals surface area contributed by atoms with Crippen LogP contribution in [0.3, 0.4) is 0 Å². The summed E-state index contributed by atoms with van der Waals surface area (Å²) in [6, 6.07) is 0. The molecule has 0 spiro atoms. The zero-order valence-corrected chi connectivity index (χ0v) is 14.9. The molecule has 1 heterocycles. The highest BCUT2D eigenvalue weighted by molar-refractivity contribution is 4.97. The Hall–Kier alpha value is -0.580. The largest absolute Gasteiger partial charge is 0.392 e. The fourth-order valence-electron chi connectivity index (χ4n) is 2.83. The van der Waals surface area contributed by atoms with Crippen LogP contribution in [0.2, 0.25) is 0 Å². The molecule has 1 saturated heterocycles. The molecule has 0 radical (unpaired) electrons. The van der Waals surface area contributed by atoms with Gasteiger partial charge in [0.05, 0.1) is 36.6 Å². The van der Waals surface area contributed by atoms with E-state index < -0.39 is 54.4 Å². The van der Waals surface area contributed by atoms with Gasteiger partial charge in [0.25, 0.3) is 0 Å². The highest BCUT2D eigenvalue weighted by Gasteiger charge is 2.49. The van der Waals surface area contributed by atoms with E-state index in [-0.39, 0.29) is 19.3 Å². The lowest BCUT2D eigenvalue weighted by Gasteiger charge is -2.45. The Labute approximate surface area is 148 Å². The van der Waals surface area contributed by atoms with Crippen LogP contribution in [0.15, 0.2) is 12.2 Å². The minimum atomic E-state index is -2.19. The lowest BCUT2D eigenvalue weighted by atomic mass is 9.86. The van der Waals surface area contributed by atoms with Gasteiger partial charge in [0.15, 0.2) is 5.79 Å². The lowest BCUT2D eigenvalue weighted by molar-refractivity contribution is -0.333. The monoisotopic (exact) mass is 364 g/mol. The maximum absolute atomic E-state index is 10.6. The maximum Gasteiger partial charge on any atom is 0.197 e. The summed E-state index contributed by atoms with van der Waals surface area (Å²) >= 11 is 0. The third-order valence-electron chi connectivity index (χ3n) is 4.56. The molecule has 1 rings (SSSR count). The Morgan fingerprint density at radius 2 is 1.64 bits per heavy atom. The molecule has 0 aromatic rings. The Kier molecular flexibility index (Phi) is 8.43. The molecule has 1 aliphatic rings. The smallest absolute Gasteiger partial charge is 0.197 e. The summed E-state index contributed by atoms with van der Waals surface area (Å²) in [7, 11) is 0. The molecule has 25 heavy (non-hydrogen) atoms. The van der Waals surface area contributed by atoms with E-state index in [1.54, 1.807) is 19.9 Å². The van der Waals surface area contributed by atoms with Crippen molar-refractivity contribution in [1.82, 2.24) is 0 Å². The molecule has 9 atom stereocenters. The van der Waals surface area contributed by atoms with Crippen LogP contribution in [0.4, 0.5) is 0 Å². The molecule has 1 fully saturated rings. The van der Waals surface area contributed by atoms with E-state index in [1.807, 2.05) is 0 Å². The van der Waals surface area contributed by atoms with Crippen molar-refractivity contribution in [2.24, 2.45) is 5.92 Å². The lowest BCUT2D eigenvalue weighted by Crippen LogP contribution is -2.60. The van der Waals surface area contributed by atoms with E-state index in [0.717, 1.165) is 0 Å². The molecular formula is C17H32O8. The number of rotatable bonds is 8. The predicted octanol–water partition coefficient (Wildman–Crippen LogP) is -1.36. The molecule has 148 valence electrons. The van der Waals surface area contributed by atoms with Crippen LogP contribution in [0, 0.1) is 5.92 Å². The summed E-state index contributed by atoms with van der Waals surface area (Å²) in [5.41, 5.74) is 0. The molecule has 8 heteroatoms. The van der Waals surface area contributed by atoms with Gasteiger partial charge < -0.3 is 40.5 Å². The second kappa shape index (κ2) is 9.38. The number of aliphatic hydroxyl groups is 7. The van der Waals surface area contributed by atoms with Crippen molar-refractivity contribution in [1.29, 1.82) is 0 Å². The third-order valence-corrected chi connectivity index (χ3v) is 4.56. The zero-order chi connectivity index (χ0) is 19.4. The topological polar surface area (TPSA) is 151 Å².